The fourth-order valence-corrected chi connectivity index (χ4v) is 4.13. The molecule has 33 heavy (non-hydrogen) atoms. The molecule has 2 aromatic rings. The SMILES string of the molecule is CCC(O)COc1ccc(C(C)(C)c2ccc(OCC(O)COC3CCCCC3)cc2)cc1. The zero-order valence-electron chi connectivity index (χ0n) is 20.3. The molecule has 0 saturated heterocycles. The Morgan fingerprint density at radius 2 is 1.24 bits per heavy atom. The number of ether oxygens (including phenoxy) is 3. The average molecular weight is 457 g/mol. The average Bonchev–Trinajstić information content (AvgIpc) is 2.86. The summed E-state index contributed by atoms with van der Waals surface area (Å²) in [6.45, 7) is 7.17. The van der Waals surface area contributed by atoms with Crippen molar-refractivity contribution in [1.29, 1.82) is 0 Å². The molecule has 2 unspecified atom stereocenters. The Bertz CT molecular complexity index is 809. The van der Waals surface area contributed by atoms with Crippen molar-refractivity contribution in [3.8, 4) is 11.5 Å². The quantitative estimate of drug-likeness (QED) is 0.456. The van der Waals surface area contributed by atoms with Crippen molar-refractivity contribution in [1.82, 2.24) is 0 Å². The third-order valence-corrected chi connectivity index (χ3v) is 6.58. The van der Waals surface area contributed by atoms with Crippen molar-refractivity contribution in [2.24, 2.45) is 0 Å². The fraction of sp³-hybridized carbons (Fsp3) is 0.571. The van der Waals surface area contributed by atoms with E-state index >= 15 is 0 Å². The van der Waals surface area contributed by atoms with Gasteiger partial charge in [-0.1, -0.05) is 64.3 Å². The van der Waals surface area contributed by atoms with Crippen LogP contribution in [0.25, 0.3) is 0 Å². The van der Waals surface area contributed by atoms with Crippen LogP contribution in [0.4, 0.5) is 0 Å². The second kappa shape index (κ2) is 12.4. The molecule has 2 atom stereocenters. The van der Waals surface area contributed by atoms with Crippen LogP contribution in [0.3, 0.4) is 0 Å². The van der Waals surface area contributed by atoms with Gasteiger partial charge in [0.05, 0.1) is 18.8 Å². The zero-order valence-corrected chi connectivity index (χ0v) is 20.3. The van der Waals surface area contributed by atoms with Crippen LogP contribution in [-0.4, -0.2) is 48.3 Å². The molecule has 0 heterocycles. The van der Waals surface area contributed by atoms with Crippen LogP contribution in [0, 0.1) is 0 Å². The predicted molar refractivity (Wildman–Crippen MR) is 131 cm³/mol. The van der Waals surface area contributed by atoms with Crippen molar-refractivity contribution in [3.63, 3.8) is 0 Å². The summed E-state index contributed by atoms with van der Waals surface area (Å²) < 4.78 is 17.3. The molecule has 0 radical (unpaired) electrons. The van der Waals surface area contributed by atoms with Crippen molar-refractivity contribution >= 4 is 0 Å². The summed E-state index contributed by atoms with van der Waals surface area (Å²) >= 11 is 0. The van der Waals surface area contributed by atoms with E-state index in [1.807, 2.05) is 31.2 Å². The van der Waals surface area contributed by atoms with Crippen molar-refractivity contribution in [2.45, 2.75) is 83.0 Å². The Labute approximate surface area is 198 Å². The van der Waals surface area contributed by atoms with E-state index in [0.717, 1.165) is 24.3 Å². The summed E-state index contributed by atoms with van der Waals surface area (Å²) in [7, 11) is 0. The van der Waals surface area contributed by atoms with E-state index in [4.69, 9.17) is 14.2 Å². The highest BCUT2D eigenvalue weighted by molar-refractivity contribution is 5.41. The maximum Gasteiger partial charge on any atom is 0.119 e. The zero-order chi connectivity index (χ0) is 23.7. The van der Waals surface area contributed by atoms with Gasteiger partial charge in [0.2, 0.25) is 0 Å². The van der Waals surface area contributed by atoms with Crippen LogP contribution in [-0.2, 0) is 10.2 Å². The number of hydrogen-bond donors (Lipinski definition) is 2. The maximum atomic E-state index is 10.2. The lowest BCUT2D eigenvalue weighted by atomic mass is 9.78. The highest BCUT2D eigenvalue weighted by atomic mass is 16.5. The second-order valence-corrected chi connectivity index (χ2v) is 9.61. The molecule has 1 fully saturated rings. The largest absolute Gasteiger partial charge is 0.491 e. The first-order valence-corrected chi connectivity index (χ1v) is 12.3. The molecule has 0 aliphatic heterocycles. The summed E-state index contributed by atoms with van der Waals surface area (Å²) in [6.07, 6.45) is 5.85. The molecule has 0 aromatic heterocycles. The van der Waals surface area contributed by atoms with E-state index in [1.165, 1.54) is 30.4 Å². The Kier molecular flexibility index (Phi) is 9.60. The molecule has 1 saturated carbocycles. The summed E-state index contributed by atoms with van der Waals surface area (Å²) in [5.74, 6) is 1.50. The van der Waals surface area contributed by atoms with Gasteiger partial charge >= 0.3 is 0 Å². The monoisotopic (exact) mass is 456 g/mol. The Hall–Kier alpha value is -2.08. The molecule has 0 spiro atoms. The molecule has 5 heteroatoms. The minimum absolute atomic E-state index is 0.187. The minimum atomic E-state index is -0.623. The van der Waals surface area contributed by atoms with E-state index in [-0.39, 0.29) is 12.0 Å². The van der Waals surface area contributed by atoms with Crippen LogP contribution in [0.15, 0.2) is 48.5 Å². The summed E-state index contributed by atoms with van der Waals surface area (Å²) in [4.78, 5) is 0. The van der Waals surface area contributed by atoms with Gasteiger partial charge in [-0.05, 0) is 54.7 Å². The Morgan fingerprint density at radius 1 is 0.758 bits per heavy atom. The third kappa shape index (κ3) is 7.73. The standard InChI is InChI=1S/C28H40O5/c1-4-23(29)18-31-26-14-10-21(11-15-26)28(2,3)22-12-16-27(17-13-22)33-20-24(30)19-32-25-8-6-5-7-9-25/h10-17,23-25,29-30H,4-9,18-20H2,1-3H3. The van der Waals surface area contributed by atoms with Gasteiger partial charge in [-0.2, -0.15) is 0 Å². The van der Waals surface area contributed by atoms with Crippen LogP contribution in [0.1, 0.15) is 70.4 Å². The van der Waals surface area contributed by atoms with E-state index in [9.17, 15) is 10.2 Å². The number of hydrogen-bond acceptors (Lipinski definition) is 5. The predicted octanol–water partition coefficient (Wildman–Crippen LogP) is 5.25. The van der Waals surface area contributed by atoms with Gasteiger partial charge in [-0.15, -0.1) is 0 Å². The first-order valence-electron chi connectivity index (χ1n) is 12.3. The second-order valence-electron chi connectivity index (χ2n) is 9.61. The van der Waals surface area contributed by atoms with Crippen LogP contribution < -0.4 is 9.47 Å². The highest BCUT2D eigenvalue weighted by Crippen LogP contribution is 2.33. The van der Waals surface area contributed by atoms with Gasteiger partial charge in [0.25, 0.3) is 0 Å². The number of benzene rings is 2. The van der Waals surface area contributed by atoms with Gasteiger partial charge in [0, 0.05) is 5.41 Å². The van der Waals surface area contributed by atoms with Crippen LogP contribution in [0.2, 0.25) is 0 Å². The molecule has 5 nitrogen and oxygen atoms in total. The van der Waals surface area contributed by atoms with Crippen molar-refractivity contribution in [3.05, 3.63) is 59.7 Å². The van der Waals surface area contributed by atoms with E-state index in [0.29, 0.717) is 25.7 Å². The smallest absolute Gasteiger partial charge is 0.119 e. The lowest BCUT2D eigenvalue weighted by molar-refractivity contribution is -0.0363. The molecule has 3 rings (SSSR count). The molecule has 1 aliphatic rings. The number of aliphatic hydroxyl groups excluding tert-OH is 2. The summed E-state index contributed by atoms with van der Waals surface area (Å²) in [6, 6.07) is 16.1. The Balaban J connectivity index is 1.49. The van der Waals surface area contributed by atoms with Gasteiger partial charge < -0.3 is 24.4 Å². The molecule has 0 amide bonds. The summed E-state index contributed by atoms with van der Waals surface area (Å²) in [5.41, 5.74) is 2.16. The molecular weight excluding hydrogens is 416 g/mol. The van der Waals surface area contributed by atoms with Crippen LogP contribution >= 0.6 is 0 Å². The highest BCUT2D eigenvalue weighted by Gasteiger charge is 2.23. The molecule has 2 N–H and O–H groups in total. The molecular formula is C28H40O5. The van der Waals surface area contributed by atoms with Crippen molar-refractivity contribution in [2.75, 3.05) is 19.8 Å². The number of aliphatic hydroxyl groups is 2. The topological polar surface area (TPSA) is 68.2 Å². The van der Waals surface area contributed by atoms with Gasteiger partial charge in [-0.25, -0.2) is 0 Å². The van der Waals surface area contributed by atoms with E-state index in [2.05, 4.69) is 38.1 Å². The van der Waals surface area contributed by atoms with Gasteiger partial charge in [0.1, 0.15) is 30.8 Å². The van der Waals surface area contributed by atoms with Gasteiger partial charge in [0.15, 0.2) is 0 Å². The van der Waals surface area contributed by atoms with Gasteiger partial charge in [-0.3, -0.25) is 0 Å². The van der Waals surface area contributed by atoms with E-state index < -0.39 is 12.2 Å². The van der Waals surface area contributed by atoms with Crippen molar-refractivity contribution < 1.29 is 24.4 Å². The molecule has 0 bridgehead atoms. The maximum absolute atomic E-state index is 10.2. The van der Waals surface area contributed by atoms with Crippen LogP contribution in [0.5, 0.6) is 11.5 Å². The summed E-state index contributed by atoms with van der Waals surface area (Å²) in [5, 5.41) is 19.9. The fourth-order valence-electron chi connectivity index (χ4n) is 4.13. The van der Waals surface area contributed by atoms with E-state index in [1.54, 1.807) is 0 Å². The first kappa shape index (κ1) is 25.5. The Morgan fingerprint density at radius 3 is 1.73 bits per heavy atom. The lowest BCUT2D eigenvalue weighted by Crippen LogP contribution is -2.27. The lowest BCUT2D eigenvalue weighted by Gasteiger charge is -2.27. The first-order chi connectivity index (χ1) is 15.9. The molecule has 1 aliphatic carbocycles. The third-order valence-electron chi connectivity index (χ3n) is 6.58. The number of rotatable bonds is 12. The molecule has 182 valence electrons. The normalized spacial score (nSPS) is 16.9. The molecule has 2 aromatic carbocycles. The minimum Gasteiger partial charge on any atom is -0.491 e.